The summed E-state index contributed by atoms with van der Waals surface area (Å²) in [5.41, 5.74) is 0.983. The number of hydrogen-bond donors (Lipinski definition) is 1. The number of nitrogens with zero attached hydrogens (tertiary/aromatic N) is 1. The van der Waals surface area contributed by atoms with E-state index in [9.17, 15) is 0 Å². The summed E-state index contributed by atoms with van der Waals surface area (Å²) in [5, 5.41) is 12.4. The molecule has 0 spiro atoms. The van der Waals surface area contributed by atoms with Crippen molar-refractivity contribution in [1.29, 1.82) is 5.26 Å². The zero-order valence-corrected chi connectivity index (χ0v) is 13.8. The van der Waals surface area contributed by atoms with Crippen LogP contribution in [0.25, 0.3) is 0 Å². The second-order valence-corrected chi connectivity index (χ2v) is 6.62. The summed E-state index contributed by atoms with van der Waals surface area (Å²) in [7, 11) is 0. The Bertz CT molecular complexity index is 461. The fraction of sp³-hybridized carbons (Fsp3) is 0.611. The van der Waals surface area contributed by atoms with Gasteiger partial charge >= 0.3 is 0 Å². The predicted molar refractivity (Wildman–Crippen MR) is 87.1 cm³/mol. The second kappa shape index (κ2) is 8.69. The van der Waals surface area contributed by atoms with Gasteiger partial charge < -0.3 is 10.1 Å². The first-order chi connectivity index (χ1) is 9.93. The summed E-state index contributed by atoms with van der Waals surface area (Å²) >= 11 is 0. The van der Waals surface area contributed by atoms with Gasteiger partial charge in [0.25, 0.3) is 0 Å². The molecule has 0 aliphatic carbocycles. The van der Waals surface area contributed by atoms with Gasteiger partial charge in [-0.3, -0.25) is 0 Å². The third kappa shape index (κ3) is 7.72. The van der Waals surface area contributed by atoms with Gasteiger partial charge in [-0.25, -0.2) is 0 Å². The van der Waals surface area contributed by atoms with Gasteiger partial charge in [-0.15, -0.1) is 0 Å². The van der Waals surface area contributed by atoms with E-state index in [1.807, 2.05) is 26.0 Å². The molecule has 0 heterocycles. The fourth-order valence-electron chi connectivity index (χ4n) is 2.01. The van der Waals surface area contributed by atoms with Crippen LogP contribution in [-0.4, -0.2) is 13.2 Å². The molecule has 0 atom stereocenters. The quantitative estimate of drug-likeness (QED) is 0.695. The van der Waals surface area contributed by atoms with E-state index < -0.39 is 0 Å². The van der Waals surface area contributed by atoms with Crippen molar-refractivity contribution in [3.8, 4) is 11.8 Å². The van der Waals surface area contributed by atoms with Crippen molar-refractivity contribution in [2.45, 2.75) is 47.1 Å². The molecule has 1 N–H and O–H groups in total. The highest BCUT2D eigenvalue weighted by Crippen LogP contribution is 2.21. The van der Waals surface area contributed by atoms with Gasteiger partial charge in [0.1, 0.15) is 5.75 Å². The van der Waals surface area contributed by atoms with E-state index in [4.69, 9.17) is 10.00 Å². The molecular weight excluding hydrogens is 260 g/mol. The lowest BCUT2D eigenvalue weighted by atomic mass is 9.90. The van der Waals surface area contributed by atoms with Crippen LogP contribution in [0.5, 0.6) is 5.75 Å². The molecule has 116 valence electrons. The Morgan fingerprint density at radius 2 is 2.10 bits per heavy atom. The van der Waals surface area contributed by atoms with E-state index >= 15 is 0 Å². The van der Waals surface area contributed by atoms with E-state index in [0.717, 1.165) is 31.7 Å². The lowest BCUT2D eigenvalue weighted by Gasteiger charge is -2.15. The zero-order valence-electron chi connectivity index (χ0n) is 13.8. The molecule has 1 aromatic rings. The van der Waals surface area contributed by atoms with Crippen molar-refractivity contribution < 1.29 is 4.74 Å². The van der Waals surface area contributed by atoms with Crippen LogP contribution in [0.1, 0.15) is 46.1 Å². The third-order valence-corrected chi connectivity index (χ3v) is 3.30. The van der Waals surface area contributed by atoms with E-state index in [2.05, 4.69) is 37.4 Å². The van der Waals surface area contributed by atoms with Crippen molar-refractivity contribution in [2.24, 2.45) is 11.3 Å². The molecule has 0 saturated carbocycles. The summed E-state index contributed by atoms with van der Waals surface area (Å²) in [6, 6.07) is 10.5. The van der Waals surface area contributed by atoms with Crippen LogP contribution in [-0.2, 0) is 6.54 Å². The van der Waals surface area contributed by atoms with Gasteiger partial charge in [0.15, 0.2) is 0 Å². The first kappa shape index (κ1) is 17.5. The number of nitriles is 1. The van der Waals surface area contributed by atoms with Crippen LogP contribution >= 0.6 is 0 Å². The molecule has 0 unspecified atom stereocenters. The van der Waals surface area contributed by atoms with E-state index in [1.54, 1.807) is 0 Å². The third-order valence-electron chi connectivity index (χ3n) is 3.30. The molecule has 3 heteroatoms. The summed E-state index contributed by atoms with van der Waals surface area (Å²) < 4.78 is 5.78. The molecule has 0 aliphatic rings. The standard InChI is InChI=1S/C18H28N2O/c1-15(2)12-20-13-16-7-5-8-17(11-16)21-10-6-9-18(3,4)14-19/h5,7-8,11,15,20H,6,9-10,12-13H2,1-4H3. The Balaban J connectivity index is 2.34. The van der Waals surface area contributed by atoms with Gasteiger partial charge in [-0.1, -0.05) is 26.0 Å². The number of ether oxygens (including phenoxy) is 1. The summed E-state index contributed by atoms with van der Waals surface area (Å²) in [4.78, 5) is 0. The van der Waals surface area contributed by atoms with Crippen molar-refractivity contribution in [2.75, 3.05) is 13.2 Å². The second-order valence-electron chi connectivity index (χ2n) is 6.62. The Kier molecular flexibility index (Phi) is 7.25. The Morgan fingerprint density at radius 3 is 2.76 bits per heavy atom. The van der Waals surface area contributed by atoms with Gasteiger partial charge in [-0.05, 0) is 56.8 Å². The number of benzene rings is 1. The van der Waals surface area contributed by atoms with Crippen LogP contribution in [0.15, 0.2) is 24.3 Å². The summed E-state index contributed by atoms with van der Waals surface area (Å²) in [5.74, 6) is 1.57. The molecule has 0 bridgehead atoms. The summed E-state index contributed by atoms with van der Waals surface area (Å²) in [6.07, 6.45) is 1.76. The monoisotopic (exact) mass is 288 g/mol. The number of hydrogen-bond acceptors (Lipinski definition) is 3. The van der Waals surface area contributed by atoms with E-state index in [-0.39, 0.29) is 5.41 Å². The maximum Gasteiger partial charge on any atom is 0.119 e. The van der Waals surface area contributed by atoms with E-state index in [1.165, 1.54) is 5.56 Å². The van der Waals surface area contributed by atoms with Crippen molar-refractivity contribution in [3.63, 3.8) is 0 Å². The molecule has 1 aromatic carbocycles. The van der Waals surface area contributed by atoms with Gasteiger partial charge in [0, 0.05) is 6.54 Å². The molecule has 0 amide bonds. The zero-order chi connectivity index (χ0) is 15.7. The molecule has 0 aromatic heterocycles. The van der Waals surface area contributed by atoms with Crippen LogP contribution in [0.4, 0.5) is 0 Å². The molecule has 1 rings (SSSR count). The summed E-state index contributed by atoms with van der Waals surface area (Å²) in [6.45, 7) is 10.9. The highest BCUT2D eigenvalue weighted by atomic mass is 16.5. The minimum absolute atomic E-state index is 0.258. The molecule has 0 fully saturated rings. The number of rotatable bonds is 9. The Hall–Kier alpha value is -1.53. The van der Waals surface area contributed by atoms with Gasteiger partial charge in [0.05, 0.1) is 18.1 Å². The van der Waals surface area contributed by atoms with Gasteiger partial charge in [-0.2, -0.15) is 5.26 Å². The minimum Gasteiger partial charge on any atom is -0.494 e. The van der Waals surface area contributed by atoms with Gasteiger partial charge in [0.2, 0.25) is 0 Å². The van der Waals surface area contributed by atoms with Crippen molar-refractivity contribution >= 4 is 0 Å². The Morgan fingerprint density at radius 1 is 1.33 bits per heavy atom. The van der Waals surface area contributed by atoms with E-state index in [0.29, 0.717) is 12.5 Å². The minimum atomic E-state index is -0.258. The molecule has 0 aliphatic heterocycles. The Labute approximate surface area is 129 Å². The first-order valence-electron chi connectivity index (χ1n) is 7.76. The highest BCUT2D eigenvalue weighted by Gasteiger charge is 2.15. The molecule has 21 heavy (non-hydrogen) atoms. The fourth-order valence-corrected chi connectivity index (χ4v) is 2.01. The van der Waals surface area contributed by atoms with Crippen LogP contribution in [0, 0.1) is 22.7 Å². The average molecular weight is 288 g/mol. The molecule has 0 radical (unpaired) electrons. The normalized spacial score (nSPS) is 11.4. The lowest BCUT2D eigenvalue weighted by Crippen LogP contribution is -2.18. The SMILES string of the molecule is CC(C)CNCc1cccc(OCCCC(C)(C)C#N)c1. The molecular formula is C18H28N2O. The molecule has 3 nitrogen and oxygen atoms in total. The van der Waals surface area contributed by atoms with Crippen molar-refractivity contribution in [3.05, 3.63) is 29.8 Å². The predicted octanol–water partition coefficient (Wildman–Crippen LogP) is 4.14. The largest absolute Gasteiger partial charge is 0.494 e. The maximum atomic E-state index is 8.97. The van der Waals surface area contributed by atoms with Crippen molar-refractivity contribution in [1.82, 2.24) is 5.32 Å². The topological polar surface area (TPSA) is 45.0 Å². The maximum absolute atomic E-state index is 8.97. The lowest BCUT2D eigenvalue weighted by molar-refractivity contribution is 0.284. The van der Waals surface area contributed by atoms with Crippen LogP contribution < -0.4 is 10.1 Å². The van der Waals surface area contributed by atoms with Crippen LogP contribution in [0.3, 0.4) is 0 Å². The smallest absolute Gasteiger partial charge is 0.119 e. The molecule has 0 saturated heterocycles. The number of nitrogens with one attached hydrogen (secondary N) is 1. The first-order valence-corrected chi connectivity index (χ1v) is 7.76. The van der Waals surface area contributed by atoms with Crippen LogP contribution in [0.2, 0.25) is 0 Å². The highest BCUT2D eigenvalue weighted by molar-refractivity contribution is 5.28. The average Bonchev–Trinajstić information content (AvgIpc) is 2.44.